The van der Waals surface area contributed by atoms with E-state index in [1.807, 2.05) is 11.3 Å². The molecule has 4 rings (SSSR count). The molecule has 1 saturated carbocycles. The van der Waals surface area contributed by atoms with Crippen molar-refractivity contribution in [3.05, 3.63) is 33.0 Å². The van der Waals surface area contributed by atoms with Crippen LogP contribution in [0.3, 0.4) is 0 Å². The summed E-state index contributed by atoms with van der Waals surface area (Å²) >= 11 is 3.65. The van der Waals surface area contributed by atoms with Gasteiger partial charge < -0.3 is 10.6 Å². The van der Waals surface area contributed by atoms with E-state index in [2.05, 4.69) is 21.7 Å². The highest BCUT2D eigenvalue weighted by Gasteiger charge is 2.33. The maximum Gasteiger partial charge on any atom is 0.186 e. The Morgan fingerprint density at radius 3 is 2.95 bits per heavy atom. The van der Waals surface area contributed by atoms with Crippen LogP contribution in [0.5, 0.6) is 0 Å². The molecule has 1 unspecified atom stereocenters. The maximum absolute atomic E-state index is 6.21. The summed E-state index contributed by atoms with van der Waals surface area (Å²) in [6, 6.07) is 3.07. The third-order valence-corrected chi connectivity index (χ3v) is 6.05. The van der Waals surface area contributed by atoms with Gasteiger partial charge >= 0.3 is 0 Å². The smallest absolute Gasteiger partial charge is 0.186 e. The van der Waals surface area contributed by atoms with Crippen molar-refractivity contribution >= 4 is 27.8 Å². The topological polar surface area (TPSA) is 42.1 Å². The van der Waals surface area contributed by atoms with Gasteiger partial charge in [0.2, 0.25) is 0 Å². The lowest BCUT2D eigenvalue weighted by atomic mass is 9.99. The number of anilines is 1. The maximum atomic E-state index is 6.21. The highest BCUT2D eigenvalue weighted by Crippen LogP contribution is 2.40. The lowest BCUT2D eigenvalue weighted by Crippen LogP contribution is -2.24. The van der Waals surface area contributed by atoms with E-state index in [-0.39, 0.29) is 6.04 Å². The average molecular weight is 305 g/mol. The van der Waals surface area contributed by atoms with Crippen LogP contribution in [0.4, 0.5) is 5.13 Å². The summed E-state index contributed by atoms with van der Waals surface area (Å²) < 4.78 is 0. The van der Waals surface area contributed by atoms with Crippen molar-refractivity contribution in [1.29, 1.82) is 0 Å². The molecule has 0 saturated heterocycles. The van der Waals surface area contributed by atoms with Gasteiger partial charge in [0.05, 0.1) is 5.69 Å². The van der Waals surface area contributed by atoms with E-state index < -0.39 is 0 Å². The van der Waals surface area contributed by atoms with Crippen LogP contribution in [-0.2, 0) is 13.0 Å². The van der Waals surface area contributed by atoms with Crippen molar-refractivity contribution in [3.63, 3.8) is 0 Å². The highest BCUT2D eigenvalue weighted by atomic mass is 32.1. The number of aromatic nitrogens is 1. The fraction of sp³-hybridized carbons (Fsp3) is 0.533. The van der Waals surface area contributed by atoms with Crippen LogP contribution in [0.25, 0.3) is 0 Å². The average Bonchev–Trinajstić information content (AvgIpc) is 2.99. The number of aryl methyl sites for hydroxylation is 1. The van der Waals surface area contributed by atoms with E-state index in [9.17, 15) is 0 Å². The molecule has 3 nitrogen and oxygen atoms in total. The molecular weight excluding hydrogens is 286 g/mol. The largest absolute Gasteiger partial charge is 0.341 e. The zero-order valence-electron chi connectivity index (χ0n) is 11.4. The Bertz CT molecular complexity index is 586. The van der Waals surface area contributed by atoms with Gasteiger partial charge in [0, 0.05) is 23.5 Å². The molecule has 0 aromatic carbocycles. The first kappa shape index (κ1) is 12.8. The normalized spacial score (nSPS) is 21.8. The van der Waals surface area contributed by atoms with Crippen molar-refractivity contribution < 1.29 is 0 Å². The molecule has 2 aromatic heterocycles. The van der Waals surface area contributed by atoms with Gasteiger partial charge in [-0.05, 0) is 54.5 Å². The summed E-state index contributed by atoms with van der Waals surface area (Å²) in [4.78, 5) is 8.82. The van der Waals surface area contributed by atoms with Gasteiger partial charge in [-0.1, -0.05) is 0 Å². The molecule has 2 aromatic rings. The fourth-order valence-corrected chi connectivity index (χ4v) is 4.78. The second kappa shape index (κ2) is 5.13. The first-order valence-electron chi connectivity index (χ1n) is 7.34. The Balaban J connectivity index is 1.63. The van der Waals surface area contributed by atoms with E-state index in [0.717, 1.165) is 19.4 Å². The van der Waals surface area contributed by atoms with Gasteiger partial charge in [0.15, 0.2) is 5.13 Å². The van der Waals surface area contributed by atoms with Crippen LogP contribution in [0, 0.1) is 0 Å². The van der Waals surface area contributed by atoms with Gasteiger partial charge in [-0.15, -0.1) is 11.3 Å². The van der Waals surface area contributed by atoms with E-state index >= 15 is 0 Å². The fourth-order valence-electron chi connectivity index (χ4n) is 2.88. The molecule has 0 amide bonds. The van der Waals surface area contributed by atoms with Gasteiger partial charge in [-0.2, -0.15) is 11.3 Å². The van der Waals surface area contributed by atoms with Gasteiger partial charge in [-0.25, -0.2) is 4.98 Å². The van der Waals surface area contributed by atoms with E-state index in [4.69, 9.17) is 10.7 Å². The second-order valence-electron chi connectivity index (χ2n) is 5.79. The molecule has 0 bridgehead atoms. The van der Waals surface area contributed by atoms with E-state index in [0.29, 0.717) is 6.04 Å². The van der Waals surface area contributed by atoms with Crippen LogP contribution in [0.1, 0.15) is 47.9 Å². The van der Waals surface area contributed by atoms with Crippen LogP contribution in [0.15, 0.2) is 16.8 Å². The Hall–Kier alpha value is -0.910. The second-order valence-corrected chi connectivity index (χ2v) is 7.64. The summed E-state index contributed by atoms with van der Waals surface area (Å²) in [5, 5.41) is 5.60. The van der Waals surface area contributed by atoms with Crippen molar-refractivity contribution in [3.8, 4) is 0 Å². The Kier molecular flexibility index (Phi) is 3.28. The Morgan fingerprint density at radius 1 is 1.35 bits per heavy atom. The van der Waals surface area contributed by atoms with Crippen molar-refractivity contribution in [2.24, 2.45) is 5.73 Å². The third kappa shape index (κ3) is 2.38. The van der Waals surface area contributed by atoms with Gasteiger partial charge in [0.1, 0.15) is 0 Å². The molecule has 2 aliphatic carbocycles. The lowest BCUT2D eigenvalue weighted by Gasteiger charge is -2.20. The quantitative estimate of drug-likeness (QED) is 0.936. The Morgan fingerprint density at radius 2 is 2.25 bits per heavy atom. The van der Waals surface area contributed by atoms with Crippen molar-refractivity contribution in [2.45, 2.75) is 50.7 Å². The number of nitrogens with zero attached hydrogens (tertiary/aromatic N) is 2. The third-order valence-electron chi connectivity index (χ3n) is 4.15. The molecule has 0 radical (unpaired) electrons. The number of rotatable bonds is 4. The van der Waals surface area contributed by atoms with Gasteiger partial charge in [-0.3, -0.25) is 0 Å². The zero-order valence-corrected chi connectivity index (χ0v) is 13.1. The summed E-state index contributed by atoms with van der Waals surface area (Å²) in [5.41, 5.74) is 8.79. The molecule has 2 aliphatic rings. The molecule has 1 fully saturated rings. The van der Waals surface area contributed by atoms with Crippen LogP contribution in [0.2, 0.25) is 0 Å². The SMILES string of the molecule is NC1CCCc2sc(N(Cc3ccsc3)C3CC3)nc21. The number of thiophene rings is 1. The van der Waals surface area contributed by atoms with Crippen LogP contribution >= 0.6 is 22.7 Å². The minimum atomic E-state index is 0.158. The van der Waals surface area contributed by atoms with E-state index in [1.54, 1.807) is 11.3 Å². The summed E-state index contributed by atoms with van der Waals surface area (Å²) in [7, 11) is 0. The summed E-state index contributed by atoms with van der Waals surface area (Å²) in [6.45, 7) is 0.996. The molecule has 0 aliphatic heterocycles. The predicted molar refractivity (Wildman–Crippen MR) is 85.5 cm³/mol. The Labute approximate surface area is 127 Å². The van der Waals surface area contributed by atoms with E-state index in [1.165, 1.54) is 40.5 Å². The summed E-state index contributed by atoms with van der Waals surface area (Å²) in [5.74, 6) is 0. The number of fused-ring (bicyclic) bond motifs is 1. The van der Waals surface area contributed by atoms with Crippen molar-refractivity contribution in [2.75, 3.05) is 4.90 Å². The number of nitrogens with two attached hydrogens (primary N) is 1. The monoisotopic (exact) mass is 305 g/mol. The molecule has 1 atom stereocenters. The highest BCUT2D eigenvalue weighted by molar-refractivity contribution is 7.15. The zero-order chi connectivity index (χ0) is 13.5. The molecule has 0 spiro atoms. The first-order chi connectivity index (χ1) is 9.81. The van der Waals surface area contributed by atoms with Crippen LogP contribution in [-0.4, -0.2) is 11.0 Å². The number of hydrogen-bond acceptors (Lipinski definition) is 5. The molecule has 5 heteroatoms. The molecule has 106 valence electrons. The predicted octanol–water partition coefficient (Wildman–Crippen LogP) is 3.71. The number of thiazole rings is 1. The van der Waals surface area contributed by atoms with Gasteiger partial charge in [0.25, 0.3) is 0 Å². The standard InChI is InChI=1S/C15H19N3S2/c16-12-2-1-3-13-14(12)17-15(20-13)18(11-4-5-11)8-10-6-7-19-9-10/h6-7,9,11-12H,1-5,8,16H2. The minimum Gasteiger partial charge on any atom is -0.341 e. The minimum absolute atomic E-state index is 0.158. The first-order valence-corrected chi connectivity index (χ1v) is 9.10. The van der Waals surface area contributed by atoms with Crippen LogP contribution < -0.4 is 10.6 Å². The summed E-state index contributed by atoms with van der Waals surface area (Å²) in [6.07, 6.45) is 6.08. The lowest BCUT2D eigenvalue weighted by molar-refractivity contribution is 0.563. The number of hydrogen-bond donors (Lipinski definition) is 1. The molecular formula is C15H19N3S2. The van der Waals surface area contributed by atoms with Crippen molar-refractivity contribution in [1.82, 2.24) is 4.98 Å². The molecule has 2 N–H and O–H groups in total. The molecule has 20 heavy (non-hydrogen) atoms. The molecule has 2 heterocycles.